The van der Waals surface area contributed by atoms with Crippen LogP contribution in [0.15, 0.2) is 42.5 Å². The number of aryl methyl sites for hydroxylation is 2. The van der Waals surface area contributed by atoms with Gasteiger partial charge in [0.1, 0.15) is 11.5 Å². The van der Waals surface area contributed by atoms with Gasteiger partial charge in [0.25, 0.3) is 0 Å². The summed E-state index contributed by atoms with van der Waals surface area (Å²) < 4.78 is 11.1. The van der Waals surface area contributed by atoms with Crippen molar-refractivity contribution in [1.82, 2.24) is 0 Å². The molecule has 3 heteroatoms. The normalized spacial score (nSPS) is 10.7. The second-order valence-corrected chi connectivity index (χ2v) is 6.36. The Bertz CT molecular complexity index is 689. The highest BCUT2D eigenvalue weighted by Crippen LogP contribution is 2.23. The number of carbonyl (C=O) groups is 1. The number of hydrogen-bond acceptors (Lipinski definition) is 3. The smallest absolute Gasteiger partial charge is 0.311 e. The Balaban J connectivity index is 1.76. The minimum atomic E-state index is -0.223. The van der Waals surface area contributed by atoms with Crippen molar-refractivity contribution >= 4 is 5.97 Å². The van der Waals surface area contributed by atoms with Crippen molar-refractivity contribution in [2.75, 3.05) is 6.61 Å². The van der Waals surface area contributed by atoms with Crippen LogP contribution in [0.4, 0.5) is 0 Å². The summed E-state index contributed by atoms with van der Waals surface area (Å²) in [7, 11) is 0. The van der Waals surface area contributed by atoms with E-state index in [1.165, 1.54) is 11.1 Å². The van der Waals surface area contributed by atoms with E-state index in [1.54, 1.807) is 0 Å². The molecule has 0 saturated heterocycles. The fourth-order valence-corrected chi connectivity index (χ4v) is 2.64. The molecule has 0 spiro atoms. The molecule has 2 aromatic rings. The molecule has 0 fully saturated rings. The molecular weight excluding hydrogens is 300 g/mol. The number of para-hydroxylation sites is 1. The molecule has 0 N–H and O–H groups in total. The number of carbonyl (C=O) groups excluding carboxylic acids is 1. The first-order valence-electron chi connectivity index (χ1n) is 8.47. The van der Waals surface area contributed by atoms with Crippen molar-refractivity contribution < 1.29 is 14.3 Å². The van der Waals surface area contributed by atoms with Gasteiger partial charge in [0.15, 0.2) is 0 Å². The van der Waals surface area contributed by atoms with Crippen molar-refractivity contribution in [1.29, 1.82) is 0 Å². The minimum absolute atomic E-state index is 0.223. The molecule has 0 saturated carbocycles. The van der Waals surface area contributed by atoms with Crippen LogP contribution in [-0.4, -0.2) is 12.6 Å². The van der Waals surface area contributed by atoms with Crippen LogP contribution < -0.4 is 9.47 Å². The minimum Gasteiger partial charge on any atom is -0.494 e. The fraction of sp³-hybridized carbons (Fsp3) is 0.381. The Hall–Kier alpha value is -2.29. The largest absolute Gasteiger partial charge is 0.494 e. The predicted octanol–water partition coefficient (Wildman–Crippen LogP) is 5.19. The lowest BCUT2D eigenvalue weighted by atomic mass is 9.98. The number of benzene rings is 2. The third kappa shape index (κ3) is 5.12. The monoisotopic (exact) mass is 326 g/mol. The molecule has 0 bridgehead atoms. The zero-order valence-electron chi connectivity index (χ0n) is 15.0. The summed E-state index contributed by atoms with van der Waals surface area (Å²) in [5.74, 6) is 1.77. The quantitative estimate of drug-likeness (QED) is 0.399. The molecule has 3 nitrogen and oxygen atoms in total. The first-order valence-corrected chi connectivity index (χ1v) is 8.47. The van der Waals surface area contributed by atoms with E-state index in [0.717, 1.165) is 11.3 Å². The number of hydrogen-bond donors (Lipinski definition) is 0. The third-order valence-electron chi connectivity index (χ3n) is 3.97. The van der Waals surface area contributed by atoms with E-state index in [2.05, 4.69) is 32.9 Å². The van der Waals surface area contributed by atoms with Gasteiger partial charge in [-0.1, -0.05) is 38.1 Å². The molecule has 2 rings (SSSR count). The molecule has 0 radical (unpaired) electrons. The first kappa shape index (κ1) is 18.1. The summed E-state index contributed by atoms with van der Waals surface area (Å²) >= 11 is 0. The Labute approximate surface area is 144 Å². The van der Waals surface area contributed by atoms with Gasteiger partial charge in [0.05, 0.1) is 6.61 Å². The predicted molar refractivity (Wildman–Crippen MR) is 96.8 cm³/mol. The maximum Gasteiger partial charge on any atom is 0.311 e. The van der Waals surface area contributed by atoms with Gasteiger partial charge in [-0.05, 0) is 61.1 Å². The second kappa shape index (κ2) is 8.53. The van der Waals surface area contributed by atoms with E-state index in [-0.39, 0.29) is 5.97 Å². The molecule has 0 aliphatic rings. The highest BCUT2D eigenvalue weighted by molar-refractivity contribution is 5.72. The van der Waals surface area contributed by atoms with Gasteiger partial charge >= 0.3 is 5.97 Å². The molecule has 0 aliphatic carbocycles. The van der Waals surface area contributed by atoms with Crippen LogP contribution in [0, 0.1) is 13.8 Å². The number of esters is 1. The summed E-state index contributed by atoms with van der Waals surface area (Å²) in [6, 6.07) is 13.7. The molecule has 0 aromatic heterocycles. The summed E-state index contributed by atoms with van der Waals surface area (Å²) in [6.45, 7) is 8.89. The Morgan fingerprint density at radius 2 is 1.79 bits per heavy atom. The van der Waals surface area contributed by atoms with E-state index in [1.807, 2.05) is 37.3 Å². The zero-order chi connectivity index (χ0) is 17.5. The summed E-state index contributed by atoms with van der Waals surface area (Å²) in [5.41, 5.74) is 3.54. The van der Waals surface area contributed by atoms with E-state index in [9.17, 15) is 4.79 Å². The van der Waals surface area contributed by atoms with Crippen LogP contribution in [0.5, 0.6) is 11.5 Å². The van der Waals surface area contributed by atoms with Gasteiger partial charge in [-0.2, -0.15) is 0 Å². The average molecular weight is 326 g/mol. The van der Waals surface area contributed by atoms with Crippen molar-refractivity contribution in [3.05, 3.63) is 59.2 Å². The lowest BCUT2D eigenvalue weighted by molar-refractivity contribution is -0.134. The van der Waals surface area contributed by atoms with E-state index < -0.39 is 0 Å². The van der Waals surface area contributed by atoms with Crippen LogP contribution in [0.1, 0.15) is 49.3 Å². The summed E-state index contributed by atoms with van der Waals surface area (Å²) in [4.78, 5) is 11.9. The van der Waals surface area contributed by atoms with Gasteiger partial charge in [-0.25, -0.2) is 0 Å². The molecule has 0 heterocycles. The molecule has 0 atom stereocenters. The van der Waals surface area contributed by atoms with Crippen LogP contribution >= 0.6 is 0 Å². The molecule has 0 aliphatic heterocycles. The first-order chi connectivity index (χ1) is 11.5. The Morgan fingerprint density at radius 3 is 2.46 bits per heavy atom. The maximum absolute atomic E-state index is 11.9. The van der Waals surface area contributed by atoms with Gasteiger partial charge in [0.2, 0.25) is 0 Å². The van der Waals surface area contributed by atoms with Gasteiger partial charge in [-0.15, -0.1) is 0 Å². The number of ether oxygens (including phenoxy) is 2. The van der Waals surface area contributed by atoms with Gasteiger partial charge < -0.3 is 9.47 Å². The summed E-state index contributed by atoms with van der Waals surface area (Å²) in [5, 5.41) is 0. The van der Waals surface area contributed by atoms with Crippen LogP contribution in [0.3, 0.4) is 0 Å². The fourth-order valence-electron chi connectivity index (χ4n) is 2.64. The summed E-state index contributed by atoms with van der Waals surface area (Å²) in [6.07, 6.45) is 0.979. The topological polar surface area (TPSA) is 35.5 Å². The maximum atomic E-state index is 11.9. The lowest BCUT2D eigenvalue weighted by Gasteiger charge is -2.12. The molecule has 24 heavy (non-hydrogen) atoms. The molecule has 0 unspecified atom stereocenters. The highest BCUT2D eigenvalue weighted by Gasteiger charge is 2.08. The van der Waals surface area contributed by atoms with Gasteiger partial charge in [0, 0.05) is 6.42 Å². The van der Waals surface area contributed by atoms with E-state index >= 15 is 0 Å². The average Bonchev–Trinajstić information content (AvgIpc) is 2.53. The highest BCUT2D eigenvalue weighted by atomic mass is 16.5. The lowest BCUT2D eigenvalue weighted by Crippen LogP contribution is -2.10. The van der Waals surface area contributed by atoms with Crippen LogP contribution in [-0.2, 0) is 4.79 Å². The molecule has 128 valence electrons. The second-order valence-electron chi connectivity index (χ2n) is 6.36. The van der Waals surface area contributed by atoms with Crippen molar-refractivity contribution in [2.24, 2.45) is 0 Å². The number of rotatable bonds is 7. The SMILES string of the molecule is Cc1ccccc1OC(=O)CCCOc1ccc(C(C)C)c(C)c1. The molecule has 2 aromatic carbocycles. The Kier molecular flexibility index (Phi) is 6.42. The van der Waals surface area contributed by atoms with E-state index in [0.29, 0.717) is 31.1 Å². The standard InChI is InChI=1S/C21H26O3/c1-15(2)19-12-11-18(14-17(19)4)23-13-7-10-21(22)24-20-9-6-5-8-16(20)3/h5-6,8-9,11-12,14-15H,7,10,13H2,1-4H3. The van der Waals surface area contributed by atoms with Crippen LogP contribution in [0.2, 0.25) is 0 Å². The third-order valence-corrected chi connectivity index (χ3v) is 3.97. The molecule has 0 amide bonds. The van der Waals surface area contributed by atoms with Crippen LogP contribution in [0.25, 0.3) is 0 Å². The van der Waals surface area contributed by atoms with Gasteiger partial charge in [-0.3, -0.25) is 4.79 Å². The van der Waals surface area contributed by atoms with Crippen molar-refractivity contribution in [2.45, 2.75) is 46.5 Å². The molecular formula is C21H26O3. The van der Waals surface area contributed by atoms with Crippen molar-refractivity contribution in [3.63, 3.8) is 0 Å². The Morgan fingerprint density at radius 1 is 1.04 bits per heavy atom. The van der Waals surface area contributed by atoms with Crippen molar-refractivity contribution in [3.8, 4) is 11.5 Å². The zero-order valence-corrected chi connectivity index (χ0v) is 15.0. The van der Waals surface area contributed by atoms with E-state index in [4.69, 9.17) is 9.47 Å².